The summed E-state index contributed by atoms with van der Waals surface area (Å²) in [6.07, 6.45) is 4.26. The average molecular weight is 232 g/mol. The molecular weight excluding hydrogens is 223 g/mol. The molecule has 1 heterocycles. The first-order valence-corrected chi connectivity index (χ1v) is 4.91. The molecule has 0 unspecified atom stereocenters. The summed E-state index contributed by atoms with van der Waals surface area (Å²) in [6.45, 7) is 0. The highest BCUT2D eigenvalue weighted by Gasteiger charge is 2.03. The van der Waals surface area contributed by atoms with Crippen LogP contribution in [0, 0.1) is 5.82 Å². The smallest absolute Gasteiger partial charge is 0.227 e. The number of aromatic hydroxyl groups is 1. The minimum Gasteiger partial charge on any atom is -0.502 e. The maximum absolute atomic E-state index is 12.6. The summed E-state index contributed by atoms with van der Waals surface area (Å²) < 4.78 is 17.6. The van der Waals surface area contributed by atoms with E-state index in [1.807, 2.05) is 0 Å². The monoisotopic (exact) mass is 232 g/mol. The predicted octanol–water partition coefficient (Wildman–Crippen LogP) is 2.65. The molecule has 1 aromatic heterocycles. The van der Waals surface area contributed by atoms with E-state index in [0.29, 0.717) is 0 Å². The average Bonchev–Trinajstić information content (AvgIpc) is 2.33. The van der Waals surface area contributed by atoms with Crippen LogP contribution in [0.1, 0.15) is 11.3 Å². The molecule has 0 aliphatic carbocycles. The molecule has 0 aliphatic heterocycles. The Hall–Kier alpha value is -2.36. The van der Waals surface area contributed by atoms with E-state index in [9.17, 15) is 14.3 Å². The summed E-state index contributed by atoms with van der Waals surface area (Å²) in [5, 5.41) is 9.40. The molecule has 0 bridgehead atoms. The summed E-state index contributed by atoms with van der Waals surface area (Å²) in [5.41, 5.74) is 0.229. The van der Waals surface area contributed by atoms with Crippen molar-refractivity contribution in [2.75, 3.05) is 0 Å². The van der Waals surface area contributed by atoms with E-state index in [2.05, 4.69) is 0 Å². The fraction of sp³-hybridized carbons (Fsp3) is 0. The Balaban J connectivity index is 2.29. The number of rotatable bonds is 2. The van der Waals surface area contributed by atoms with Crippen molar-refractivity contribution in [3.8, 4) is 5.75 Å². The van der Waals surface area contributed by atoms with Gasteiger partial charge >= 0.3 is 0 Å². The lowest BCUT2D eigenvalue weighted by Crippen LogP contribution is -1.97. The highest BCUT2D eigenvalue weighted by Crippen LogP contribution is 2.14. The molecule has 0 radical (unpaired) electrons. The van der Waals surface area contributed by atoms with E-state index in [1.165, 1.54) is 24.5 Å². The molecule has 4 heteroatoms. The summed E-state index contributed by atoms with van der Waals surface area (Å²) in [7, 11) is 0. The van der Waals surface area contributed by atoms with Crippen LogP contribution in [0.4, 0.5) is 4.39 Å². The van der Waals surface area contributed by atoms with Crippen LogP contribution >= 0.6 is 0 Å². The van der Waals surface area contributed by atoms with Gasteiger partial charge in [0.2, 0.25) is 11.2 Å². The molecule has 0 aliphatic rings. The minimum atomic E-state index is -0.505. The Morgan fingerprint density at radius 2 is 1.82 bits per heavy atom. The van der Waals surface area contributed by atoms with Crippen molar-refractivity contribution in [3.63, 3.8) is 0 Å². The van der Waals surface area contributed by atoms with Gasteiger partial charge in [0.05, 0.1) is 6.26 Å². The predicted molar refractivity (Wildman–Crippen MR) is 62.0 cm³/mol. The molecule has 0 atom stereocenters. The Labute approximate surface area is 96.5 Å². The van der Waals surface area contributed by atoms with Crippen molar-refractivity contribution in [2.45, 2.75) is 0 Å². The molecule has 2 rings (SSSR count). The quantitative estimate of drug-likeness (QED) is 0.865. The second-order valence-corrected chi connectivity index (χ2v) is 3.38. The highest BCUT2D eigenvalue weighted by molar-refractivity contribution is 5.69. The zero-order chi connectivity index (χ0) is 12.3. The van der Waals surface area contributed by atoms with Gasteiger partial charge in [-0.2, -0.15) is 0 Å². The van der Waals surface area contributed by atoms with Crippen LogP contribution in [-0.4, -0.2) is 5.11 Å². The molecule has 3 nitrogen and oxygen atoms in total. The normalized spacial score (nSPS) is 10.9. The van der Waals surface area contributed by atoms with Crippen molar-refractivity contribution >= 4 is 12.2 Å². The lowest BCUT2D eigenvalue weighted by molar-refractivity contribution is 0.424. The van der Waals surface area contributed by atoms with Crippen molar-refractivity contribution in [1.29, 1.82) is 0 Å². The minimum absolute atomic E-state index is 0.0711. The van der Waals surface area contributed by atoms with E-state index in [1.54, 1.807) is 18.2 Å². The first-order valence-electron chi connectivity index (χ1n) is 4.91. The van der Waals surface area contributed by atoms with Gasteiger partial charge in [-0.25, -0.2) is 4.39 Å². The Morgan fingerprint density at radius 1 is 1.12 bits per heavy atom. The van der Waals surface area contributed by atoms with Crippen LogP contribution in [0.3, 0.4) is 0 Å². The van der Waals surface area contributed by atoms with Crippen LogP contribution in [0.15, 0.2) is 45.8 Å². The van der Waals surface area contributed by atoms with Crippen LogP contribution in [-0.2, 0) is 0 Å². The molecule has 0 saturated carbocycles. The van der Waals surface area contributed by atoms with Crippen molar-refractivity contribution in [3.05, 3.63) is 64.0 Å². The third-order valence-corrected chi connectivity index (χ3v) is 2.18. The molecule has 0 saturated heterocycles. The van der Waals surface area contributed by atoms with E-state index >= 15 is 0 Å². The summed E-state index contributed by atoms with van der Waals surface area (Å²) in [6, 6.07) is 6.92. The number of benzene rings is 1. The van der Waals surface area contributed by atoms with Gasteiger partial charge in [-0.1, -0.05) is 18.2 Å². The Morgan fingerprint density at radius 3 is 2.53 bits per heavy atom. The Kier molecular flexibility index (Phi) is 3.05. The fourth-order valence-corrected chi connectivity index (χ4v) is 1.29. The van der Waals surface area contributed by atoms with E-state index in [0.717, 1.165) is 11.6 Å². The first kappa shape index (κ1) is 11.1. The third kappa shape index (κ3) is 2.60. The van der Waals surface area contributed by atoms with Gasteiger partial charge in [0.15, 0.2) is 5.76 Å². The fourth-order valence-electron chi connectivity index (χ4n) is 1.29. The molecule has 17 heavy (non-hydrogen) atoms. The zero-order valence-electron chi connectivity index (χ0n) is 8.76. The molecular formula is C13H9FO3. The Bertz CT molecular complexity index is 597. The molecule has 86 valence electrons. The van der Waals surface area contributed by atoms with E-state index in [-0.39, 0.29) is 11.6 Å². The molecule has 0 spiro atoms. The van der Waals surface area contributed by atoms with Gasteiger partial charge in [0, 0.05) is 6.07 Å². The first-order chi connectivity index (χ1) is 8.16. The van der Waals surface area contributed by atoms with Crippen LogP contribution < -0.4 is 5.43 Å². The molecule has 0 amide bonds. The second-order valence-electron chi connectivity index (χ2n) is 3.38. The third-order valence-electron chi connectivity index (χ3n) is 2.18. The number of hydrogen-bond donors (Lipinski definition) is 1. The van der Waals surface area contributed by atoms with E-state index < -0.39 is 11.2 Å². The van der Waals surface area contributed by atoms with Crippen LogP contribution in [0.2, 0.25) is 0 Å². The van der Waals surface area contributed by atoms with Gasteiger partial charge in [0.25, 0.3) is 0 Å². The van der Waals surface area contributed by atoms with Gasteiger partial charge in [-0.05, 0) is 23.8 Å². The topological polar surface area (TPSA) is 50.4 Å². The van der Waals surface area contributed by atoms with Crippen molar-refractivity contribution in [1.82, 2.24) is 0 Å². The van der Waals surface area contributed by atoms with Crippen LogP contribution in [0.25, 0.3) is 12.2 Å². The van der Waals surface area contributed by atoms with Crippen molar-refractivity contribution in [2.24, 2.45) is 0 Å². The van der Waals surface area contributed by atoms with Gasteiger partial charge in [-0.3, -0.25) is 4.79 Å². The maximum atomic E-state index is 12.6. The van der Waals surface area contributed by atoms with E-state index in [4.69, 9.17) is 4.42 Å². The maximum Gasteiger partial charge on any atom is 0.227 e. The highest BCUT2D eigenvalue weighted by atomic mass is 19.1. The summed E-state index contributed by atoms with van der Waals surface area (Å²) in [4.78, 5) is 11.1. The second kappa shape index (κ2) is 4.65. The summed E-state index contributed by atoms with van der Waals surface area (Å²) >= 11 is 0. The van der Waals surface area contributed by atoms with Gasteiger partial charge in [-0.15, -0.1) is 0 Å². The lowest BCUT2D eigenvalue weighted by atomic mass is 10.2. The van der Waals surface area contributed by atoms with Gasteiger partial charge in [0.1, 0.15) is 5.82 Å². The summed E-state index contributed by atoms with van der Waals surface area (Å²) in [5.74, 6) is -0.691. The SMILES string of the molecule is O=c1ccoc(C=Cc2ccc(F)cc2)c1O. The number of halogens is 1. The molecule has 1 N–H and O–H groups in total. The largest absolute Gasteiger partial charge is 0.502 e. The van der Waals surface area contributed by atoms with Crippen molar-refractivity contribution < 1.29 is 13.9 Å². The van der Waals surface area contributed by atoms with Crippen LogP contribution in [0.5, 0.6) is 5.75 Å². The number of hydrogen-bond acceptors (Lipinski definition) is 3. The molecule has 0 fully saturated rings. The van der Waals surface area contributed by atoms with Gasteiger partial charge < -0.3 is 9.52 Å². The molecule has 2 aromatic rings. The lowest BCUT2D eigenvalue weighted by Gasteiger charge is -1.96. The molecule has 1 aromatic carbocycles. The standard InChI is InChI=1S/C13H9FO3/c14-10-4-1-9(2-5-10)3-6-12-13(16)11(15)7-8-17-12/h1-8,16H. The zero-order valence-corrected chi connectivity index (χ0v) is 8.76.